The van der Waals surface area contributed by atoms with Crippen molar-refractivity contribution in [3.8, 4) is 11.5 Å². The van der Waals surface area contributed by atoms with E-state index in [9.17, 15) is 4.79 Å². The number of fused-ring (bicyclic) bond motifs is 2. The van der Waals surface area contributed by atoms with Crippen LogP contribution in [0.3, 0.4) is 0 Å². The highest BCUT2D eigenvalue weighted by atomic mass is 16.3. The first kappa shape index (κ1) is 15.8. The number of hydrogen-bond acceptors (Lipinski definition) is 3. The minimum Gasteiger partial charge on any atom is -0.436 e. The molecule has 0 saturated carbocycles. The third-order valence-corrected chi connectivity index (χ3v) is 5.19. The van der Waals surface area contributed by atoms with E-state index >= 15 is 0 Å². The van der Waals surface area contributed by atoms with Crippen LogP contribution >= 0.6 is 0 Å². The summed E-state index contributed by atoms with van der Waals surface area (Å²) >= 11 is 0. The Balaban J connectivity index is 1.72. The summed E-state index contributed by atoms with van der Waals surface area (Å²) in [6.07, 6.45) is 0. The van der Waals surface area contributed by atoms with Crippen molar-refractivity contribution in [1.82, 2.24) is 4.98 Å². The SMILES string of the molecule is CC1(C)C(=O)N(c2ccccc2)c2cc3oc(-c4ccccc4)nc3cc21. The minimum atomic E-state index is -0.620. The van der Waals surface area contributed by atoms with Crippen LogP contribution in [0, 0.1) is 0 Å². The van der Waals surface area contributed by atoms with Crippen LogP contribution in [0.5, 0.6) is 0 Å². The zero-order valence-electron chi connectivity index (χ0n) is 15.1. The number of aromatic nitrogens is 1. The number of carbonyl (C=O) groups is 1. The van der Waals surface area contributed by atoms with Crippen molar-refractivity contribution in [2.75, 3.05) is 4.90 Å². The predicted octanol–water partition coefficient (Wildman–Crippen LogP) is 5.45. The molecule has 0 saturated heterocycles. The normalized spacial score (nSPS) is 15.3. The van der Waals surface area contributed by atoms with E-state index in [1.807, 2.05) is 86.6 Å². The number of amides is 1. The van der Waals surface area contributed by atoms with Crippen molar-refractivity contribution in [2.45, 2.75) is 19.3 Å². The zero-order valence-corrected chi connectivity index (χ0v) is 15.1. The average Bonchev–Trinajstić information content (AvgIpc) is 3.19. The van der Waals surface area contributed by atoms with Crippen LogP contribution < -0.4 is 4.90 Å². The van der Waals surface area contributed by atoms with Gasteiger partial charge in [0, 0.05) is 17.3 Å². The molecule has 5 rings (SSSR count). The molecular formula is C23H18N2O2. The average molecular weight is 354 g/mol. The molecule has 0 N–H and O–H groups in total. The molecule has 0 bridgehead atoms. The molecule has 4 aromatic rings. The maximum Gasteiger partial charge on any atom is 0.241 e. The van der Waals surface area contributed by atoms with Gasteiger partial charge in [-0.1, -0.05) is 36.4 Å². The van der Waals surface area contributed by atoms with Crippen molar-refractivity contribution >= 4 is 28.4 Å². The molecule has 1 aliphatic rings. The molecule has 4 nitrogen and oxygen atoms in total. The Morgan fingerprint density at radius 2 is 1.59 bits per heavy atom. The van der Waals surface area contributed by atoms with Crippen molar-refractivity contribution in [2.24, 2.45) is 0 Å². The fourth-order valence-corrected chi connectivity index (χ4v) is 3.69. The summed E-state index contributed by atoms with van der Waals surface area (Å²) in [4.78, 5) is 19.6. The van der Waals surface area contributed by atoms with E-state index < -0.39 is 5.41 Å². The molecule has 4 heteroatoms. The second kappa shape index (κ2) is 5.55. The van der Waals surface area contributed by atoms with Crippen LogP contribution in [0.25, 0.3) is 22.6 Å². The van der Waals surface area contributed by atoms with Crippen molar-refractivity contribution in [3.05, 3.63) is 78.4 Å². The summed E-state index contributed by atoms with van der Waals surface area (Å²) in [5.74, 6) is 0.643. The van der Waals surface area contributed by atoms with Crippen LogP contribution in [0.1, 0.15) is 19.4 Å². The smallest absolute Gasteiger partial charge is 0.241 e. The molecule has 1 amide bonds. The van der Waals surface area contributed by atoms with E-state index in [2.05, 4.69) is 4.98 Å². The first-order valence-electron chi connectivity index (χ1n) is 8.96. The largest absolute Gasteiger partial charge is 0.436 e. The third-order valence-electron chi connectivity index (χ3n) is 5.19. The summed E-state index contributed by atoms with van der Waals surface area (Å²) < 4.78 is 6.02. The van der Waals surface area contributed by atoms with Gasteiger partial charge in [-0.25, -0.2) is 4.98 Å². The van der Waals surface area contributed by atoms with Gasteiger partial charge in [0.25, 0.3) is 0 Å². The predicted molar refractivity (Wildman–Crippen MR) is 106 cm³/mol. The fourth-order valence-electron chi connectivity index (χ4n) is 3.69. The topological polar surface area (TPSA) is 46.3 Å². The monoisotopic (exact) mass is 354 g/mol. The molecule has 0 radical (unpaired) electrons. The van der Waals surface area contributed by atoms with Gasteiger partial charge in [0.1, 0.15) is 5.52 Å². The Hall–Kier alpha value is -3.40. The van der Waals surface area contributed by atoms with E-state index in [1.165, 1.54) is 0 Å². The number of rotatable bonds is 2. The lowest BCUT2D eigenvalue weighted by Gasteiger charge is -2.20. The number of hydrogen-bond donors (Lipinski definition) is 0. The van der Waals surface area contributed by atoms with Crippen LogP contribution in [-0.4, -0.2) is 10.9 Å². The Bertz CT molecular complexity index is 1160. The van der Waals surface area contributed by atoms with Crippen LogP contribution in [0.2, 0.25) is 0 Å². The quantitative estimate of drug-likeness (QED) is 0.481. The van der Waals surface area contributed by atoms with Gasteiger partial charge in [-0.15, -0.1) is 0 Å². The van der Waals surface area contributed by atoms with Crippen molar-refractivity contribution < 1.29 is 9.21 Å². The molecule has 3 aromatic carbocycles. The highest BCUT2D eigenvalue weighted by molar-refractivity contribution is 6.13. The van der Waals surface area contributed by atoms with Gasteiger partial charge in [-0.2, -0.15) is 0 Å². The number of anilines is 2. The zero-order chi connectivity index (χ0) is 18.6. The lowest BCUT2D eigenvalue weighted by atomic mass is 9.86. The summed E-state index contributed by atoms with van der Waals surface area (Å²) in [6.45, 7) is 3.92. The Morgan fingerprint density at radius 1 is 0.926 bits per heavy atom. The molecule has 27 heavy (non-hydrogen) atoms. The fraction of sp³-hybridized carbons (Fsp3) is 0.130. The summed E-state index contributed by atoms with van der Waals surface area (Å²) in [7, 11) is 0. The van der Waals surface area contributed by atoms with Gasteiger partial charge < -0.3 is 4.42 Å². The molecule has 1 aliphatic heterocycles. The van der Waals surface area contributed by atoms with E-state index in [-0.39, 0.29) is 5.91 Å². The number of benzene rings is 3. The maximum atomic E-state index is 13.1. The first-order valence-corrected chi connectivity index (χ1v) is 8.96. The highest BCUT2D eigenvalue weighted by Gasteiger charge is 2.45. The third kappa shape index (κ3) is 2.30. The van der Waals surface area contributed by atoms with Gasteiger partial charge in [0.15, 0.2) is 5.58 Å². The number of para-hydroxylation sites is 1. The van der Waals surface area contributed by atoms with Gasteiger partial charge in [0.2, 0.25) is 11.8 Å². The lowest BCUT2D eigenvalue weighted by Crippen LogP contribution is -2.33. The lowest BCUT2D eigenvalue weighted by molar-refractivity contribution is -0.121. The Labute approximate surface area is 157 Å². The summed E-state index contributed by atoms with van der Waals surface area (Å²) in [6, 6.07) is 23.5. The molecule has 0 fully saturated rings. The van der Waals surface area contributed by atoms with Crippen LogP contribution in [0.4, 0.5) is 11.4 Å². The van der Waals surface area contributed by atoms with Gasteiger partial charge in [0.05, 0.1) is 11.1 Å². The van der Waals surface area contributed by atoms with Crippen LogP contribution in [-0.2, 0) is 10.2 Å². The van der Waals surface area contributed by atoms with E-state index in [0.717, 1.165) is 28.0 Å². The molecule has 0 spiro atoms. The second-order valence-electron chi connectivity index (χ2n) is 7.32. The van der Waals surface area contributed by atoms with Gasteiger partial charge >= 0.3 is 0 Å². The van der Waals surface area contributed by atoms with Crippen molar-refractivity contribution in [3.63, 3.8) is 0 Å². The Morgan fingerprint density at radius 3 is 2.30 bits per heavy atom. The maximum absolute atomic E-state index is 13.1. The Kier molecular flexibility index (Phi) is 3.25. The molecule has 0 aliphatic carbocycles. The second-order valence-corrected chi connectivity index (χ2v) is 7.32. The standard InChI is InChI=1S/C23H18N2O2/c1-23(2)17-13-18-20(27-21(24-18)15-9-5-3-6-10-15)14-19(17)25(22(23)26)16-11-7-4-8-12-16/h3-14H,1-2H3. The molecule has 132 valence electrons. The molecular weight excluding hydrogens is 336 g/mol. The molecule has 0 atom stereocenters. The minimum absolute atomic E-state index is 0.0552. The summed E-state index contributed by atoms with van der Waals surface area (Å²) in [5, 5.41) is 0. The molecule has 0 unspecified atom stereocenters. The van der Waals surface area contributed by atoms with E-state index in [1.54, 1.807) is 4.90 Å². The van der Waals surface area contributed by atoms with Crippen molar-refractivity contribution in [1.29, 1.82) is 0 Å². The van der Waals surface area contributed by atoms with Crippen LogP contribution in [0.15, 0.2) is 77.2 Å². The van der Waals surface area contributed by atoms with Gasteiger partial charge in [-0.05, 0) is 49.7 Å². The highest BCUT2D eigenvalue weighted by Crippen LogP contribution is 2.47. The van der Waals surface area contributed by atoms with E-state index in [0.29, 0.717) is 11.5 Å². The summed E-state index contributed by atoms with van der Waals surface area (Å²) in [5.41, 5.74) is 4.45. The molecule has 1 aromatic heterocycles. The van der Waals surface area contributed by atoms with E-state index in [4.69, 9.17) is 4.42 Å². The molecule has 2 heterocycles. The number of nitrogens with zero attached hydrogens (tertiary/aromatic N) is 2. The first-order chi connectivity index (χ1) is 13.1. The number of carbonyl (C=O) groups excluding carboxylic acids is 1. The number of oxazole rings is 1. The van der Waals surface area contributed by atoms with Gasteiger partial charge in [-0.3, -0.25) is 9.69 Å².